The third-order valence-electron chi connectivity index (χ3n) is 3.13. The van der Waals surface area contributed by atoms with Gasteiger partial charge in [-0.25, -0.2) is 0 Å². The van der Waals surface area contributed by atoms with E-state index in [2.05, 4.69) is 4.98 Å². The number of nitrogens with zero attached hydrogens (tertiary/aromatic N) is 2. The summed E-state index contributed by atoms with van der Waals surface area (Å²) in [5.74, 6) is 0.162. The van der Waals surface area contributed by atoms with Crippen LogP contribution in [0.1, 0.15) is 6.42 Å². The van der Waals surface area contributed by atoms with Crippen LogP contribution in [-0.2, 0) is 11.3 Å². The molecule has 22 heavy (non-hydrogen) atoms. The molecule has 0 fully saturated rings. The van der Waals surface area contributed by atoms with Gasteiger partial charge in [0.15, 0.2) is 3.95 Å². The van der Waals surface area contributed by atoms with Crippen LogP contribution in [0.3, 0.4) is 0 Å². The summed E-state index contributed by atoms with van der Waals surface area (Å²) in [7, 11) is 0. The molecule has 3 rings (SSSR count). The van der Waals surface area contributed by atoms with E-state index in [-0.39, 0.29) is 24.8 Å². The minimum absolute atomic E-state index is 0.0668. The van der Waals surface area contributed by atoms with Crippen molar-refractivity contribution in [3.63, 3.8) is 0 Å². The van der Waals surface area contributed by atoms with Crippen LogP contribution in [0, 0.1) is 3.95 Å². The van der Waals surface area contributed by atoms with E-state index in [0.717, 1.165) is 10.9 Å². The van der Waals surface area contributed by atoms with E-state index in [4.69, 9.17) is 17.0 Å². The Hall–Kier alpha value is -2.25. The summed E-state index contributed by atoms with van der Waals surface area (Å²) in [6.45, 7) is 0.288. The Bertz CT molecular complexity index is 880. The molecule has 2 heterocycles. The summed E-state index contributed by atoms with van der Waals surface area (Å²) < 4.78 is 7.43. The molecule has 0 atom stereocenters. The Morgan fingerprint density at radius 2 is 2.18 bits per heavy atom. The van der Waals surface area contributed by atoms with Crippen molar-refractivity contribution >= 4 is 40.4 Å². The summed E-state index contributed by atoms with van der Waals surface area (Å²) in [6.07, 6.45) is 1.72. The van der Waals surface area contributed by atoms with Crippen molar-refractivity contribution < 1.29 is 14.6 Å². The van der Waals surface area contributed by atoms with E-state index in [1.807, 2.05) is 24.3 Å². The Labute approximate surface area is 135 Å². The molecule has 0 saturated carbocycles. The molecular weight excluding hydrogens is 320 g/mol. The van der Waals surface area contributed by atoms with Crippen molar-refractivity contribution in [2.45, 2.75) is 13.0 Å². The number of aromatic nitrogens is 2. The predicted octanol–water partition coefficient (Wildman–Crippen LogP) is 3.53. The van der Waals surface area contributed by atoms with Crippen molar-refractivity contribution in [1.29, 1.82) is 0 Å². The lowest BCUT2D eigenvalue weighted by atomic mass is 10.2. The average Bonchev–Trinajstić information content (AvgIpc) is 2.84. The number of ether oxygens (including phenoxy) is 1. The first-order chi connectivity index (χ1) is 10.6. The lowest BCUT2D eigenvalue weighted by molar-refractivity contribution is -0.134. The second kappa shape index (κ2) is 6.25. The minimum Gasteiger partial charge on any atom is -0.494 e. The van der Waals surface area contributed by atoms with Crippen molar-refractivity contribution in [3.05, 3.63) is 45.9 Å². The number of rotatable bonds is 4. The van der Waals surface area contributed by atoms with E-state index >= 15 is 0 Å². The maximum atomic E-state index is 12.0. The van der Waals surface area contributed by atoms with Crippen molar-refractivity contribution in [2.75, 3.05) is 0 Å². The monoisotopic (exact) mass is 332 g/mol. The van der Waals surface area contributed by atoms with Crippen LogP contribution in [0.4, 0.5) is 0 Å². The third kappa shape index (κ3) is 3.00. The van der Waals surface area contributed by atoms with E-state index < -0.39 is 0 Å². The van der Waals surface area contributed by atoms with Gasteiger partial charge in [0.2, 0.25) is 5.88 Å². The van der Waals surface area contributed by atoms with Gasteiger partial charge in [-0.3, -0.25) is 14.3 Å². The maximum absolute atomic E-state index is 12.0. The van der Waals surface area contributed by atoms with Crippen molar-refractivity contribution in [1.82, 2.24) is 9.55 Å². The summed E-state index contributed by atoms with van der Waals surface area (Å²) >= 11 is 6.33. The van der Waals surface area contributed by atoms with Gasteiger partial charge >= 0.3 is 5.97 Å². The zero-order chi connectivity index (χ0) is 15.5. The molecule has 0 aliphatic heterocycles. The Kier molecular flexibility index (Phi) is 4.17. The van der Waals surface area contributed by atoms with Gasteiger partial charge in [-0.15, -0.1) is 11.3 Å². The minimum atomic E-state index is -0.385. The second-order valence-corrected chi connectivity index (χ2v) is 6.06. The SMILES string of the molecule is O=C(CCn1c(O)csc1=S)Oc1ccnc2ccccc12. The number of aromatic hydroxyl groups is 1. The van der Waals surface area contributed by atoms with Crippen molar-refractivity contribution in [3.8, 4) is 11.6 Å². The van der Waals surface area contributed by atoms with E-state index in [1.165, 1.54) is 15.9 Å². The molecule has 3 aromatic rings. The number of pyridine rings is 1. The highest BCUT2D eigenvalue weighted by Crippen LogP contribution is 2.24. The molecule has 0 amide bonds. The molecule has 0 spiro atoms. The van der Waals surface area contributed by atoms with Crippen LogP contribution >= 0.6 is 23.6 Å². The van der Waals surface area contributed by atoms with Gasteiger partial charge in [0, 0.05) is 18.1 Å². The van der Waals surface area contributed by atoms with Gasteiger partial charge in [-0.1, -0.05) is 12.1 Å². The molecular formula is C15H12N2O3S2. The Balaban J connectivity index is 1.73. The molecule has 0 saturated heterocycles. The van der Waals surface area contributed by atoms with Crippen LogP contribution in [0.5, 0.6) is 11.6 Å². The molecule has 2 aromatic heterocycles. The molecule has 0 aliphatic rings. The van der Waals surface area contributed by atoms with Crippen LogP contribution in [0.2, 0.25) is 0 Å². The first-order valence-corrected chi connectivity index (χ1v) is 7.85. The number of carbonyl (C=O) groups excluding carboxylic acids is 1. The quantitative estimate of drug-likeness (QED) is 0.585. The van der Waals surface area contributed by atoms with Gasteiger partial charge in [0.25, 0.3) is 0 Å². The standard InChI is InChI=1S/C15H12N2O3S2/c18-13-9-22-15(21)17(13)8-6-14(19)20-12-5-7-16-11-4-2-1-3-10(11)12/h1-5,7,9,18H,6,8H2. The fourth-order valence-corrected chi connectivity index (χ4v) is 3.04. The number of esters is 1. The molecule has 0 aliphatic carbocycles. The number of hydrogen-bond acceptors (Lipinski definition) is 6. The van der Waals surface area contributed by atoms with Gasteiger partial charge in [0.1, 0.15) is 5.75 Å². The number of hydrogen-bond donors (Lipinski definition) is 1. The normalized spacial score (nSPS) is 10.7. The fraction of sp³-hybridized carbons (Fsp3) is 0.133. The lowest BCUT2D eigenvalue weighted by Crippen LogP contribution is -2.12. The van der Waals surface area contributed by atoms with Crippen LogP contribution in [0.25, 0.3) is 10.9 Å². The van der Waals surface area contributed by atoms with Crippen LogP contribution in [0.15, 0.2) is 41.9 Å². The molecule has 0 radical (unpaired) electrons. The molecule has 1 N–H and O–H groups in total. The highest BCUT2D eigenvalue weighted by molar-refractivity contribution is 7.73. The molecule has 0 bridgehead atoms. The molecule has 0 unspecified atom stereocenters. The summed E-state index contributed by atoms with van der Waals surface area (Å²) in [5.41, 5.74) is 0.769. The predicted molar refractivity (Wildman–Crippen MR) is 86.8 cm³/mol. The van der Waals surface area contributed by atoms with Gasteiger partial charge < -0.3 is 9.84 Å². The number of carbonyl (C=O) groups is 1. The lowest BCUT2D eigenvalue weighted by Gasteiger charge is -2.08. The largest absolute Gasteiger partial charge is 0.494 e. The van der Waals surface area contributed by atoms with Crippen LogP contribution < -0.4 is 4.74 Å². The zero-order valence-electron chi connectivity index (χ0n) is 11.4. The van der Waals surface area contributed by atoms with E-state index in [0.29, 0.717) is 9.70 Å². The third-order valence-corrected chi connectivity index (χ3v) is 4.39. The Morgan fingerprint density at radius 1 is 1.36 bits per heavy atom. The number of benzene rings is 1. The zero-order valence-corrected chi connectivity index (χ0v) is 13.1. The fourth-order valence-electron chi connectivity index (χ4n) is 2.07. The first-order valence-electron chi connectivity index (χ1n) is 6.57. The molecule has 7 heteroatoms. The molecule has 1 aromatic carbocycles. The van der Waals surface area contributed by atoms with Crippen molar-refractivity contribution in [2.24, 2.45) is 0 Å². The van der Waals surface area contributed by atoms with Gasteiger partial charge in [-0.05, 0) is 30.4 Å². The first kappa shape index (κ1) is 14.7. The van der Waals surface area contributed by atoms with Crippen LogP contribution in [-0.4, -0.2) is 20.6 Å². The van der Waals surface area contributed by atoms with E-state index in [9.17, 15) is 9.90 Å². The van der Waals surface area contributed by atoms with E-state index in [1.54, 1.807) is 17.6 Å². The maximum Gasteiger partial charge on any atom is 0.313 e. The van der Waals surface area contributed by atoms with Gasteiger partial charge in [0.05, 0.1) is 17.3 Å². The number of fused-ring (bicyclic) bond motifs is 1. The topological polar surface area (TPSA) is 64.4 Å². The smallest absolute Gasteiger partial charge is 0.313 e. The molecule has 5 nitrogen and oxygen atoms in total. The number of para-hydroxylation sites is 1. The Morgan fingerprint density at radius 3 is 2.95 bits per heavy atom. The molecule has 112 valence electrons. The second-order valence-electron chi connectivity index (χ2n) is 4.56. The summed E-state index contributed by atoms with van der Waals surface area (Å²) in [6, 6.07) is 9.11. The summed E-state index contributed by atoms with van der Waals surface area (Å²) in [5, 5.41) is 12.0. The highest BCUT2D eigenvalue weighted by Gasteiger charge is 2.10. The number of thiazole rings is 1. The highest BCUT2D eigenvalue weighted by atomic mass is 32.1. The average molecular weight is 332 g/mol. The van der Waals surface area contributed by atoms with Gasteiger partial charge in [-0.2, -0.15) is 0 Å². The summed E-state index contributed by atoms with van der Waals surface area (Å²) in [4.78, 5) is 16.2.